The quantitative estimate of drug-likeness (QED) is 0.492. The van der Waals surface area contributed by atoms with Crippen LogP contribution in [0.5, 0.6) is 0 Å². The van der Waals surface area contributed by atoms with Crippen molar-refractivity contribution in [3.05, 3.63) is 22.6 Å². The first-order valence-electron chi connectivity index (χ1n) is 7.51. The van der Waals surface area contributed by atoms with Crippen LogP contribution in [0.2, 0.25) is 0 Å². The second-order valence-corrected chi connectivity index (χ2v) is 7.01. The summed E-state index contributed by atoms with van der Waals surface area (Å²) >= 11 is 4.78. The van der Waals surface area contributed by atoms with Crippen LogP contribution < -0.4 is 22.0 Å². The lowest BCUT2D eigenvalue weighted by Crippen LogP contribution is -2.48. The summed E-state index contributed by atoms with van der Waals surface area (Å²) in [4.78, 5) is 12.3. The summed E-state index contributed by atoms with van der Waals surface area (Å²) in [6.07, 6.45) is 2.46. The number of rotatable bonds is 3. The van der Waals surface area contributed by atoms with Crippen LogP contribution in [0, 0.1) is 6.92 Å². The molecule has 5 N–H and O–H groups in total. The summed E-state index contributed by atoms with van der Waals surface area (Å²) in [5.41, 5.74) is 15.9. The van der Waals surface area contributed by atoms with Crippen LogP contribution in [0.4, 0.5) is 0 Å². The number of hydrazone groups is 1. The van der Waals surface area contributed by atoms with Crippen molar-refractivity contribution < 1.29 is 9.21 Å². The van der Waals surface area contributed by atoms with Gasteiger partial charge in [0, 0.05) is 23.1 Å². The summed E-state index contributed by atoms with van der Waals surface area (Å²) in [5.74, 6) is 0.781. The van der Waals surface area contributed by atoms with Crippen LogP contribution in [-0.2, 0) is 6.42 Å². The molecule has 0 atom stereocenters. The monoisotopic (exact) mass is 337 g/mol. The molecule has 1 aromatic heterocycles. The zero-order valence-corrected chi connectivity index (χ0v) is 14.7. The number of hydrogen-bond acceptors (Lipinski definition) is 5. The van der Waals surface area contributed by atoms with Gasteiger partial charge in [-0.1, -0.05) is 0 Å². The van der Waals surface area contributed by atoms with E-state index < -0.39 is 0 Å². The van der Waals surface area contributed by atoms with Crippen LogP contribution in [0.1, 0.15) is 61.1 Å². The zero-order chi connectivity index (χ0) is 17.2. The van der Waals surface area contributed by atoms with E-state index in [0.29, 0.717) is 5.76 Å². The van der Waals surface area contributed by atoms with E-state index in [1.54, 1.807) is 0 Å². The number of amides is 1. The summed E-state index contributed by atoms with van der Waals surface area (Å²) in [6.45, 7) is 7.73. The van der Waals surface area contributed by atoms with Crippen molar-refractivity contribution in [1.82, 2.24) is 16.3 Å². The third-order valence-electron chi connectivity index (χ3n) is 3.38. The molecule has 0 saturated carbocycles. The highest BCUT2D eigenvalue weighted by Gasteiger charge is 2.28. The molecule has 0 saturated heterocycles. The maximum Gasteiger partial charge on any atom is 0.301 e. The van der Waals surface area contributed by atoms with Crippen LogP contribution in [0.15, 0.2) is 9.52 Å². The first-order chi connectivity index (χ1) is 10.7. The van der Waals surface area contributed by atoms with E-state index >= 15 is 0 Å². The van der Waals surface area contributed by atoms with Crippen molar-refractivity contribution in [2.75, 3.05) is 0 Å². The minimum Gasteiger partial charge on any atom is -0.455 e. The highest BCUT2D eigenvalue weighted by molar-refractivity contribution is 7.80. The third-order valence-corrected chi connectivity index (χ3v) is 3.48. The predicted octanol–water partition coefficient (Wildman–Crippen LogP) is 1.49. The predicted molar refractivity (Wildman–Crippen MR) is 93.2 cm³/mol. The minimum atomic E-state index is -0.298. The number of hydrazine groups is 1. The van der Waals surface area contributed by atoms with Gasteiger partial charge in [-0.2, -0.15) is 5.10 Å². The van der Waals surface area contributed by atoms with Gasteiger partial charge in [-0.15, -0.1) is 0 Å². The fraction of sp³-hybridized carbons (Fsp3) is 0.533. The molecular weight excluding hydrogens is 314 g/mol. The topological polar surface area (TPSA) is 105 Å². The largest absolute Gasteiger partial charge is 0.455 e. The maximum atomic E-state index is 12.3. The Bertz CT molecular complexity index is 658. The highest BCUT2D eigenvalue weighted by Crippen LogP contribution is 2.29. The van der Waals surface area contributed by atoms with Gasteiger partial charge in [0.05, 0.1) is 5.71 Å². The van der Waals surface area contributed by atoms with E-state index in [0.717, 1.165) is 41.9 Å². The van der Waals surface area contributed by atoms with Gasteiger partial charge in [0.2, 0.25) is 0 Å². The van der Waals surface area contributed by atoms with Crippen LogP contribution in [-0.4, -0.2) is 22.3 Å². The van der Waals surface area contributed by atoms with E-state index in [1.165, 1.54) is 0 Å². The number of nitrogens with zero attached hydrogens (tertiary/aromatic N) is 1. The lowest BCUT2D eigenvalue weighted by atomic mass is 9.93. The number of carbonyl (C=O) groups excluding carboxylic acids is 1. The van der Waals surface area contributed by atoms with Crippen molar-refractivity contribution in [3.63, 3.8) is 0 Å². The summed E-state index contributed by atoms with van der Waals surface area (Å²) in [5, 5.41) is 4.35. The summed E-state index contributed by atoms with van der Waals surface area (Å²) in [6, 6.07) is 0. The minimum absolute atomic E-state index is 0.109. The zero-order valence-electron chi connectivity index (χ0n) is 13.9. The average molecular weight is 337 g/mol. The molecule has 1 aliphatic carbocycles. The van der Waals surface area contributed by atoms with Crippen molar-refractivity contribution >= 4 is 28.9 Å². The molecule has 0 spiro atoms. The summed E-state index contributed by atoms with van der Waals surface area (Å²) < 4.78 is 5.78. The molecule has 1 heterocycles. The molecule has 0 radical (unpaired) electrons. The van der Waals surface area contributed by atoms with E-state index in [-0.39, 0.29) is 16.6 Å². The van der Waals surface area contributed by atoms with Gasteiger partial charge in [-0.3, -0.25) is 15.6 Å². The fourth-order valence-corrected chi connectivity index (χ4v) is 2.47. The van der Waals surface area contributed by atoms with Crippen molar-refractivity contribution in [2.45, 2.75) is 52.5 Å². The smallest absolute Gasteiger partial charge is 0.301 e. The van der Waals surface area contributed by atoms with Gasteiger partial charge in [0.1, 0.15) is 5.76 Å². The van der Waals surface area contributed by atoms with E-state index in [2.05, 4.69) is 21.4 Å². The van der Waals surface area contributed by atoms with Gasteiger partial charge in [0.15, 0.2) is 10.9 Å². The first-order valence-corrected chi connectivity index (χ1v) is 7.92. The molecule has 1 amide bonds. The molecule has 126 valence electrons. The second kappa shape index (κ2) is 6.67. The number of aryl methyl sites for hydroxylation is 1. The number of thiocarbonyl (C=S) groups is 1. The molecule has 0 aliphatic heterocycles. The van der Waals surface area contributed by atoms with Crippen molar-refractivity contribution in [1.29, 1.82) is 0 Å². The Hall–Kier alpha value is -1.93. The Balaban J connectivity index is 2.27. The Morgan fingerprint density at radius 1 is 1.35 bits per heavy atom. The molecule has 1 aromatic rings. The highest BCUT2D eigenvalue weighted by atomic mass is 32.1. The molecule has 23 heavy (non-hydrogen) atoms. The number of hydrogen-bond donors (Lipinski definition) is 4. The average Bonchev–Trinajstić information content (AvgIpc) is 2.80. The van der Waals surface area contributed by atoms with Crippen molar-refractivity contribution in [3.8, 4) is 0 Å². The molecule has 2 rings (SSSR count). The lowest BCUT2D eigenvalue weighted by molar-refractivity contribution is 0.0883. The SMILES string of the molecule is Cc1c(C(=O)NNC(C)(C)C)oc2c1/C(=N/NC(N)=S)CCC2. The standard InChI is InChI=1S/C15H23N5O2S/c1-8-11-9(17-19-14(16)23)6-5-7-10(11)22-12(8)13(21)18-20-15(2,3)4/h20H,5-7H2,1-4H3,(H,18,21)(H3,16,19,23)/b17-9+. The molecule has 0 bridgehead atoms. The molecule has 0 unspecified atom stereocenters. The molecule has 7 nitrogen and oxygen atoms in total. The first kappa shape index (κ1) is 17.4. The molecule has 8 heteroatoms. The second-order valence-electron chi connectivity index (χ2n) is 6.57. The van der Waals surface area contributed by atoms with Gasteiger partial charge < -0.3 is 10.2 Å². The molecule has 0 fully saturated rings. The maximum absolute atomic E-state index is 12.3. The number of carbonyl (C=O) groups is 1. The molecule has 1 aliphatic rings. The van der Waals surface area contributed by atoms with Gasteiger partial charge in [-0.25, -0.2) is 5.43 Å². The van der Waals surface area contributed by atoms with Crippen molar-refractivity contribution in [2.24, 2.45) is 10.8 Å². The Morgan fingerprint density at radius 2 is 2.04 bits per heavy atom. The number of nitrogens with one attached hydrogen (secondary N) is 3. The van der Waals surface area contributed by atoms with Gasteiger partial charge in [-0.05, 0) is 52.8 Å². The van der Waals surface area contributed by atoms with E-state index in [9.17, 15) is 4.79 Å². The Labute approximate surface area is 141 Å². The van der Waals surface area contributed by atoms with Crippen LogP contribution >= 0.6 is 12.2 Å². The van der Waals surface area contributed by atoms with Gasteiger partial charge >= 0.3 is 5.91 Å². The third kappa shape index (κ3) is 4.29. The van der Waals surface area contributed by atoms with E-state index in [1.807, 2.05) is 27.7 Å². The fourth-order valence-electron chi connectivity index (χ4n) is 2.42. The Kier molecular flexibility index (Phi) is 5.06. The van der Waals surface area contributed by atoms with Gasteiger partial charge in [0.25, 0.3) is 0 Å². The lowest BCUT2D eigenvalue weighted by Gasteiger charge is -2.20. The van der Waals surface area contributed by atoms with E-state index in [4.69, 9.17) is 22.4 Å². The molecular formula is C15H23N5O2S. The number of fused-ring (bicyclic) bond motifs is 1. The van der Waals surface area contributed by atoms with Crippen LogP contribution in [0.25, 0.3) is 0 Å². The Morgan fingerprint density at radius 3 is 2.65 bits per heavy atom. The number of furan rings is 1. The van der Waals surface area contributed by atoms with Crippen LogP contribution in [0.3, 0.4) is 0 Å². The number of nitrogens with two attached hydrogens (primary N) is 1. The molecule has 0 aromatic carbocycles. The summed E-state index contributed by atoms with van der Waals surface area (Å²) in [7, 11) is 0. The normalized spacial score (nSPS) is 16.1.